The number of nitrogens with two attached hydrogens (primary N) is 1. The van der Waals surface area contributed by atoms with Crippen molar-refractivity contribution in [3.8, 4) is 0 Å². The minimum atomic E-state index is -2.93. The van der Waals surface area contributed by atoms with Crippen LogP contribution in [0.3, 0.4) is 0 Å². The van der Waals surface area contributed by atoms with E-state index >= 15 is 0 Å². The Morgan fingerprint density at radius 3 is 2.50 bits per heavy atom. The first-order valence-corrected chi connectivity index (χ1v) is 7.68. The molecule has 0 unspecified atom stereocenters. The molecule has 7 heteroatoms. The van der Waals surface area contributed by atoms with Gasteiger partial charge in [-0.2, -0.15) is 0 Å². The number of hydrogen-bond acceptors (Lipinski definition) is 4. The molecule has 0 saturated carbocycles. The number of hydrogen-bond donors (Lipinski definition) is 2. The standard InChI is InChI=1S/C11H14ClN3O2S/c12-8-1-2-9(11(13)14)10(7-8)15-3-5-18(16,17)6-4-15/h1-2,7H,3-6H2,(H3,13,14). The number of nitrogens with one attached hydrogen (secondary N) is 1. The van der Waals surface area contributed by atoms with E-state index in [1.165, 1.54) is 0 Å². The van der Waals surface area contributed by atoms with Crippen LogP contribution in [0.25, 0.3) is 0 Å². The summed E-state index contributed by atoms with van der Waals surface area (Å²) in [5.74, 6) is 0.198. The number of sulfone groups is 1. The first-order chi connectivity index (χ1) is 8.39. The van der Waals surface area contributed by atoms with Crippen LogP contribution in [-0.2, 0) is 9.84 Å². The number of nitrogen functional groups attached to an aromatic ring is 1. The van der Waals surface area contributed by atoms with Crippen molar-refractivity contribution in [3.63, 3.8) is 0 Å². The third-order valence-corrected chi connectivity index (χ3v) is 4.78. The number of benzene rings is 1. The zero-order chi connectivity index (χ0) is 13.3. The van der Waals surface area contributed by atoms with Crippen molar-refractivity contribution in [1.29, 1.82) is 5.41 Å². The fourth-order valence-electron chi connectivity index (χ4n) is 1.95. The lowest BCUT2D eigenvalue weighted by molar-refractivity contribution is 0.587. The maximum atomic E-state index is 11.4. The highest BCUT2D eigenvalue weighted by Crippen LogP contribution is 2.26. The summed E-state index contributed by atoms with van der Waals surface area (Å²) in [5, 5.41) is 8.08. The Morgan fingerprint density at radius 2 is 1.94 bits per heavy atom. The van der Waals surface area contributed by atoms with E-state index in [2.05, 4.69) is 0 Å². The van der Waals surface area contributed by atoms with Crippen molar-refractivity contribution in [2.45, 2.75) is 0 Å². The minimum absolute atomic E-state index is 0.0462. The first-order valence-electron chi connectivity index (χ1n) is 5.48. The highest BCUT2D eigenvalue weighted by Gasteiger charge is 2.23. The lowest BCUT2D eigenvalue weighted by Gasteiger charge is -2.30. The second-order valence-corrected chi connectivity index (χ2v) is 6.95. The normalized spacial score (nSPS) is 18.6. The van der Waals surface area contributed by atoms with E-state index < -0.39 is 9.84 Å². The molecule has 0 radical (unpaired) electrons. The van der Waals surface area contributed by atoms with Gasteiger partial charge in [0.25, 0.3) is 0 Å². The van der Waals surface area contributed by atoms with Gasteiger partial charge in [-0.1, -0.05) is 11.6 Å². The van der Waals surface area contributed by atoms with Crippen molar-refractivity contribution in [2.24, 2.45) is 5.73 Å². The van der Waals surface area contributed by atoms with Crippen molar-refractivity contribution in [1.82, 2.24) is 0 Å². The summed E-state index contributed by atoms with van der Waals surface area (Å²) >= 11 is 5.94. The smallest absolute Gasteiger partial charge is 0.153 e. The highest BCUT2D eigenvalue weighted by molar-refractivity contribution is 7.91. The fraction of sp³-hybridized carbons (Fsp3) is 0.364. The van der Waals surface area contributed by atoms with Crippen LogP contribution in [0.5, 0.6) is 0 Å². The van der Waals surface area contributed by atoms with Gasteiger partial charge in [-0.05, 0) is 18.2 Å². The van der Waals surface area contributed by atoms with Crippen LogP contribution in [0.2, 0.25) is 5.02 Å². The van der Waals surface area contributed by atoms with Gasteiger partial charge in [0.1, 0.15) is 5.84 Å². The van der Waals surface area contributed by atoms with E-state index in [9.17, 15) is 8.42 Å². The van der Waals surface area contributed by atoms with Crippen LogP contribution in [0, 0.1) is 5.41 Å². The van der Waals surface area contributed by atoms with Crippen LogP contribution >= 0.6 is 11.6 Å². The Kier molecular flexibility index (Phi) is 3.49. The molecule has 1 fully saturated rings. The molecule has 0 aromatic heterocycles. The van der Waals surface area contributed by atoms with Crippen LogP contribution in [-0.4, -0.2) is 38.8 Å². The van der Waals surface area contributed by atoms with Gasteiger partial charge in [0, 0.05) is 29.4 Å². The molecule has 3 N–H and O–H groups in total. The zero-order valence-corrected chi connectivity index (χ0v) is 11.3. The Labute approximate surface area is 111 Å². The van der Waals surface area contributed by atoms with Gasteiger partial charge in [-0.15, -0.1) is 0 Å². The summed E-state index contributed by atoms with van der Waals surface area (Å²) in [6.45, 7) is 0.811. The molecule has 1 aliphatic rings. The maximum absolute atomic E-state index is 11.4. The molecule has 1 aromatic carbocycles. The topological polar surface area (TPSA) is 87.2 Å². The van der Waals surface area contributed by atoms with Gasteiger partial charge >= 0.3 is 0 Å². The molecule has 1 saturated heterocycles. The summed E-state index contributed by atoms with van der Waals surface area (Å²) in [4.78, 5) is 1.91. The molecule has 0 spiro atoms. The SMILES string of the molecule is N=C(N)c1ccc(Cl)cc1N1CCS(=O)(=O)CC1. The molecular weight excluding hydrogens is 274 g/mol. The van der Waals surface area contributed by atoms with Crippen LogP contribution in [0.15, 0.2) is 18.2 Å². The Morgan fingerprint density at radius 1 is 1.33 bits per heavy atom. The van der Waals surface area contributed by atoms with E-state index in [1.54, 1.807) is 18.2 Å². The van der Waals surface area contributed by atoms with E-state index in [-0.39, 0.29) is 17.3 Å². The molecule has 0 amide bonds. The molecule has 0 bridgehead atoms. The lowest BCUT2D eigenvalue weighted by Crippen LogP contribution is -2.41. The van der Waals surface area contributed by atoms with E-state index in [1.807, 2.05) is 4.90 Å². The third-order valence-electron chi connectivity index (χ3n) is 2.94. The molecule has 5 nitrogen and oxygen atoms in total. The Balaban J connectivity index is 2.33. The number of anilines is 1. The second kappa shape index (κ2) is 4.78. The molecule has 18 heavy (non-hydrogen) atoms. The average Bonchev–Trinajstić information content (AvgIpc) is 2.28. The minimum Gasteiger partial charge on any atom is -0.384 e. The maximum Gasteiger partial charge on any atom is 0.153 e. The van der Waals surface area contributed by atoms with Crippen molar-refractivity contribution in [3.05, 3.63) is 28.8 Å². The Hall–Kier alpha value is -1.27. The van der Waals surface area contributed by atoms with Crippen LogP contribution < -0.4 is 10.6 Å². The first kappa shape index (κ1) is 13.2. The predicted octanol–water partition coefficient (Wildman–Crippen LogP) is 0.859. The average molecular weight is 288 g/mol. The van der Waals surface area contributed by atoms with Gasteiger partial charge in [-0.3, -0.25) is 5.41 Å². The van der Waals surface area contributed by atoms with E-state index in [0.717, 1.165) is 5.69 Å². The molecule has 2 rings (SSSR count). The number of rotatable bonds is 2. The van der Waals surface area contributed by atoms with Gasteiger partial charge in [-0.25, -0.2) is 8.42 Å². The Bertz CT molecular complexity index is 572. The number of halogens is 1. The van der Waals surface area contributed by atoms with Gasteiger partial charge < -0.3 is 10.6 Å². The molecule has 0 aliphatic carbocycles. The summed E-state index contributed by atoms with van der Waals surface area (Å²) in [7, 11) is -2.93. The van der Waals surface area contributed by atoms with E-state index in [4.69, 9.17) is 22.7 Å². The summed E-state index contributed by atoms with van der Waals surface area (Å²) < 4.78 is 22.8. The molecule has 1 aromatic rings. The van der Waals surface area contributed by atoms with Crippen molar-refractivity contribution >= 4 is 33.0 Å². The molecular formula is C11H14ClN3O2S. The molecule has 0 atom stereocenters. The molecule has 98 valence electrons. The second-order valence-electron chi connectivity index (χ2n) is 4.21. The summed E-state index contributed by atoms with van der Waals surface area (Å²) in [6, 6.07) is 5.07. The van der Waals surface area contributed by atoms with Gasteiger partial charge in [0.2, 0.25) is 0 Å². The zero-order valence-electron chi connectivity index (χ0n) is 9.69. The quantitative estimate of drug-likeness (QED) is 0.624. The molecule has 1 aliphatic heterocycles. The third kappa shape index (κ3) is 2.76. The van der Waals surface area contributed by atoms with Crippen LogP contribution in [0.4, 0.5) is 5.69 Å². The predicted molar refractivity (Wildman–Crippen MR) is 73.3 cm³/mol. The number of amidine groups is 1. The monoisotopic (exact) mass is 287 g/mol. The molecule has 1 heterocycles. The number of nitrogens with zero attached hydrogens (tertiary/aromatic N) is 1. The van der Waals surface area contributed by atoms with Crippen LogP contribution in [0.1, 0.15) is 5.56 Å². The fourth-order valence-corrected chi connectivity index (χ4v) is 3.32. The van der Waals surface area contributed by atoms with Gasteiger partial charge in [0.05, 0.1) is 11.5 Å². The van der Waals surface area contributed by atoms with Crippen molar-refractivity contribution in [2.75, 3.05) is 29.5 Å². The summed E-state index contributed by atoms with van der Waals surface area (Å²) in [5.41, 5.74) is 6.83. The van der Waals surface area contributed by atoms with Gasteiger partial charge in [0.15, 0.2) is 9.84 Å². The van der Waals surface area contributed by atoms with Crippen molar-refractivity contribution < 1.29 is 8.42 Å². The lowest BCUT2D eigenvalue weighted by atomic mass is 10.1. The largest absolute Gasteiger partial charge is 0.384 e. The van der Waals surface area contributed by atoms with E-state index in [0.29, 0.717) is 23.7 Å². The highest BCUT2D eigenvalue weighted by atomic mass is 35.5. The summed E-state index contributed by atoms with van der Waals surface area (Å²) in [6.07, 6.45) is 0.